The molecule has 2 aromatic rings. The van der Waals surface area contributed by atoms with E-state index in [-0.39, 0.29) is 12.2 Å². The molecule has 0 aliphatic heterocycles. The standard InChI is InChI=1S/C19H19NO4/c1-12-8-13(2)18(14(3)9-12)20-17(22)11-24-19(23)16-6-4-15(10-21)5-7-16/h4-10H,11H2,1-3H3,(H,20,22). The van der Waals surface area contributed by atoms with E-state index >= 15 is 0 Å². The summed E-state index contributed by atoms with van der Waals surface area (Å²) >= 11 is 0. The van der Waals surface area contributed by atoms with Crippen LogP contribution in [0.2, 0.25) is 0 Å². The number of amides is 1. The van der Waals surface area contributed by atoms with Crippen molar-refractivity contribution in [2.75, 3.05) is 11.9 Å². The van der Waals surface area contributed by atoms with Gasteiger partial charge in [-0.25, -0.2) is 4.79 Å². The molecule has 2 aromatic carbocycles. The zero-order valence-corrected chi connectivity index (χ0v) is 13.9. The number of ether oxygens (including phenoxy) is 1. The summed E-state index contributed by atoms with van der Waals surface area (Å²) in [5.41, 5.74) is 4.52. The molecule has 0 bridgehead atoms. The molecule has 0 atom stereocenters. The van der Waals surface area contributed by atoms with E-state index in [9.17, 15) is 14.4 Å². The molecule has 0 radical (unpaired) electrons. The van der Waals surface area contributed by atoms with Gasteiger partial charge in [0.2, 0.25) is 0 Å². The van der Waals surface area contributed by atoms with Crippen LogP contribution in [0.25, 0.3) is 0 Å². The van der Waals surface area contributed by atoms with E-state index < -0.39 is 11.9 Å². The van der Waals surface area contributed by atoms with Crippen LogP contribution in [0, 0.1) is 20.8 Å². The number of carbonyl (C=O) groups is 3. The highest BCUT2D eigenvalue weighted by atomic mass is 16.5. The Bertz CT molecular complexity index is 755. The number of nitrogens with one attached hydrogen (secondary N) is 1. The molecule has 0 spiro atoms. The van der Waals surface area contributed by atoms with E-state index in [2.05, 4.69) is 5.32 Å². The maximum atomic E-state index is 12.0. The van der Waals surface area contributed by atoms with E-state index in [1.807, 2.05) is 32.9 Å². The maximum absolute atomic E-state index is 12.0. The van der Waals surface area contributed by atoms with Crippen molar-refractivity contribution in [1.82, 2.24) is 0 Å². The van der Waals surface area contributed by atoms with Gasteiger partial charge in [-0.3, -0.25) is 9.59 Å². The van der Waals surface area contributed by atoms with E-state index in [0.717, 1.165) is 22.4 Å². The zero-order valence-electron chi connectivity index (χ0n) is 13.9. The number of esters is 1. The first kappa shape index (κ1) is 17.4. The fourth-order valence-electron chi connectivity index (χ4n) is 2.46. The molecular weight excluding hydrogens is 306 g/mol. The Morgan fingerprint density at radius 2 is 1.62 bits per heavy atom. The van der Waals surface area contributed by atoms with Gasteiger partial charge in [-0.15, -0.1) is 0 Å². The molecule has 0 saturated carbocycles. The van der Waals surface area contributed by atoms with E-state index in [0.29, 0.717) is 11.8 Å². The number of carbonyl (C=O) groups excluding carboxylic acids is 3. The molecule has 24 heavy (non-hydrogen) atoms. The molecule has 0 heterocycles. The highest BCUT2D eigenvalue weighted by molar-refractivity contribution is 5.96. The Morgan fingerprint density at radius 3 is 2.17 bits per heavy atom. The summed E-state index contributed by atoms with van der Waals surface area (Å²) in [6.07, 6.45) is 0.689. The van der Waals surface area contributed by atoms with Crippen LogP contribution in [-0.2, 0) is 9.53 Å². The number of hydrogen-bond donors (Lipinski definition) is 1. The molecule has 0 unspecified atom stereocenters. The van der Waals surface area contributed by atoms with Crippen molar-refractivity contribution in [2.24, 2.45) is 0 Å². The molecular formula is C19H19NO4. The number of rotatable bonds is 5. The Hall–Kier alpha value is -2.95. The number of anilines is 1. The second kappa shape index (κ2) is 7.55. The lowest BCUT2D eigenvalue weighted by Gasteiger charge is -2.13. The van der Waals surface area contributed by atoms with E-state index in [4.69, 9.17) is 4.74 Å². The zero-order chi connectivity index (χ0) is 17.7. The SMILES string of the molecule is Cc1cc(C)c(NC(=O)COC(=O)c2ccc(C=O)cc2)c(C)c1. The summed E-state index contributed by atoms with van der Waals surface area (Å²) in [5, 5.41) is 2.77. The highest BCUT2D eigenvalue weighted by Gasteiger charge is 2.12. The van der Waals surface area contributed by atoms with Gasteiger partial charge in [0.05, 0.1) is 5.56 Å². The van der Waals surface area contributed by atoms with Gasteiger partial charge in [-0.1, -0.05) is 29.8 Å². The molecule has 5 heteroatoms. The fraction of sp³-hybridized carbons (Fsp3) is 0.211. The highest BCUT2D eigenvalue weighted by Crippen LogP contribution is 2.21. The van der Waals surface area contributed by atoms with Crippen LogP contribution >= 0.6 is 0 Å². The first-order chi connectivity index (χ1) is 11.4. The van der Waals surface area contributed by atoms with Gasteiger partial charge in [0.15, 0.2) is 6.61 Å². The molecule has 0 saturated heterocycles. The Morgan fingerprint density at radius 1 is 1.04 bits per heavy atom. The smallest absolute Gasteiger partial charge is 0.338 e. The minimum atomic E-state index is -0.611. The second-order valence-electron chi connectivity index (χ2n) is 5.64. The van der Waals surface area contributed by atoms with Gasteiger partial charge in [0, 0.05) is 11.3 Å². The van der Waals surface area contributed by atoms with Crippen molar-refractivity contribution in [3.63, 3.8) is 0 Å². The number of benzene rings is 2. The fourth-order valence-corrected chi connectivity index (χ4v) is 2.46. The average molecular weight is 325 g/mol. The van der Waals surface area contributed by atoms with Crippen molar-refractivity contribution in [1.29, 1.82) is 0 Å². The monoisotopic (exact) mass is 325 g/mol. The van der Waals surface area contributed by atoms with Crippen molar-refractivity contribution in [3.8, 4) is 0 Å². The molecule has 5 nitrogen and oxygen atoms in total. The van der Waals surface area contributed by atoms with Crippen LogP contribution in [0.3, 0.4) is 0 Å². The predicted octanol–water partition coefficient (Wildman–Crippen LogP) is 3.22. The van der Waals surface area contributed by atoms with Crippen LogP contribution in [0.4, 0.5) is 5.69 Å². The van der Waals surface area contributed by atoms with Crippen LogP contribution in [0.15, 0.2) is 36.4 Å². The van der Waals surface area contributed by atoms with Crippen molar-refractivity contribution in [2.45, 2.75) is 20.8 Å². The molecule has 124 valence electrons. The summed E-state index contributed by atoms with van der Waals surface area (Å²) in [6, 6.07) is 9.95. The van der Waals surface area contributed by atoms with Crippen LogP contribution in [0.5, 0.6) is 0 Å². The lowest BCUT2D eigenvalue weighted by Crippen LogP contribution is -2.22. The van der Waals surface area contributed by atoms with Crippen molar-refractivity contribution in [3.05, 3.63) is 64.2 Å². The molecule has 2 rings (SSSR count). The van der Waals surface area contributed by atoms with Gasteiger partial charge in [0.25, 0.3) is 5.91 Å². The lowest BCUT2D eigenvalue weighted by molar-refractivity contribution is -0.119. The summed E-state index contributed by atoms with van der Waals surface area (Å²) in [5.74, 6) is -1.01. The summed E-state index contributed by atoms with van der Waals surface area (Å²) in [6.45, 7) is 5.44. The molecule has 1 N–H and O–H groups in total. The van der Waals surface area contributed by atoms with Gasteiger partial charge in [-0.2, -0.15) is 0 Å². The first-order valence-corrected chi connectivity index (χ1v) is 7.51. The first-order valence-electron chi connectivity index (χ1n) is 7.51. The van der Waals surface area contributed by atoms with Crippen LogP contribution < -0.4 is 5.32 Å². The summed E-state index contributed by atoms with van der Waals surface area (Å²) < 4.78 is 5.00. The molecule has 0 fully saturated rings. The minimum absolute atomic E-state index is 0.288. The summed E-state index contributed by atoms with van der Waals surface area (Å²) in [4.78, 5) is 34.5. The van der Waals surface area contributed by atoms with Crippen LogP contribution in [-0.4, -0.2) is 24.8 Å². The molecule has 0 aromatic heterocycles. The summed E-state index contributed by atoms with van der Waals surface area (Å²) in [7, 11) is 0. The molecule has 0 aliphatic carbocycles. The third kappa shape index (κ3) is 4.29. The molecule has 1 amide bonds. The lowest BCUT2D eigenvalue weighted by atomic mass is 10.1. The van der Waals surface area contributed by atoms with Gasteiger partial charge in [0.1, 0.15) is 6.29 Å². The Balaban J connectivity index is 1.95. The van der Waals surface area contributed by atoms with E-state index in [1.54, 1.807) is 0 Å². The normalized spacial score (nSPS) is 10.1. The quantitative estimate of drug-likeness (QED) is 0.677. The topological polar surface area (TPSA) is 72.5 Å². The largest absolute Gasteiger partial charge is 0.452 e. The average Bonchev–Trinajstić information content (AvgIpc) is 2.56. The second-order valence-corrected chi connectivity index (χ2v) is 5.64. The van der Waals surface area contributed by atoms with Gasteiger partial charge >= 0.3 is 5.97 Å². The van der Waals surface area contributed by atoms with Crippen molar-refractivity contribution < 1.29 is 19.1 Å². The van der Waals surface area contributed by atoms with Crippen molar-refractivity contribution >= 4 is 23.9 Å². The predicted molar refractivity (Wildman–Crippen MR) is 91.4 cm³/mol. The van der Waals surface area contributed by atoms with Crippen LogP contribution in [0.1, 0.15) is 37.4 Å². The number of aryl methyl sites for hydroxylation is 3. The molecule has 0 aliphatic rings. The van der Waals surface area contributed by atoms with E-state index in [1.165, 1.54) is 24.3 Å². The number of aldehydes is 1. The Kier molecular flexibility index (Phi) is 5.47. The van der Waals surface area contributed by atoms with Gasteiger partial charge < -0.3 is 10.1 Å². The van der Waals surface area contributed by atoms with Gasteiger partial charge in [-0.05, 0) is 44.0 Å². The third-order valence-electron chi connectivity index (χ3n) is 3.56. The Labute approximate surface area is 140 Å². The maximum Gasteiger partial charge on any atom is 0.338 e. The minimum Gasteiger partial charge on any atom is -0.452 e. The third-order valence-corrected chi connectivity index (χ3v) is 3.56. The number of hydrogen-bond acceptors (Lipinski definition) is 4.